The van der Waals surface area contributed by atoms with E-state index in [-0.39, 0.29) is 0 Å². The zero-order chi connectivity index (χ0) is 21.4. The van der Waals surface area contributed by atoms with E-state index in [2.05, 4.69) is 72.9 Å². The van der Waals surface area contributed by atoms with Crippen LogP contribution in [0.25, 0.3) is 0 Å². The van der Waals surface area contributed by atoms with Gasteiger partial charge < -0.3 is 4.74 Å². The molecule has 0 atom stereocenters. The van der Waals surface area contributed by atoms with Gasteiger partial charge in [0, 0.05) is 0 Å². The summed E-state index contributed by atoms with van der Waals surface area (Å²) < 4.78 is 5.73. The highest BCUT2D eigenvalue weighted by Crippen LogP contribution is 2.21. The van der Waals surface area contributed by atoms with Gasteiger partial charge in [-0.3, -0.25) is 0 Å². The van der Waals surface area contributed by atoms with Crippen LogP contribution in [-0.2, 0) is 11.3 Å². The largest absolute Gasteiger partial charge is 0.372 e. The maximum Gasteiger partial charge on any atom is 0.0721 e. The van der Waals surface area contributed by atoms with Gasteiger partial charge in [-0.1, -0.05) is 114 Å². The summed E-state index contributed by atoms with van der Waals surface area (Å²) in [5.74, 6) is 0. The number of hydrogen-bond acceptors (Lipinski definition) is 1. The lowest BCUT2D eigenvalue weighted by molar-refractivity contribution is 0.142. The van der Waals surface area contributed by atoms with Crippen molar-refractivity contribution in [3.63, 3.8) is 0 Å². The fraction of sp³-hybridized carbons (Fsp3) is 0.556. The maximum absolute atomic E-state index is 5.73. The van der Waals surface area contributed by atoms with Crippen molar-refractivity contribution in [1.29, 1.82) is 0 Å². The first-order chi connectivity index (χ1) is 13.2. The van der Waals surface area contributed by atoms with Crippen molar-refractivity contribution in [2.45, 2.75) is 86.7 Å². The zero-order valence-corrected chi connectivity index (χ0v) is 19.4. The highest BCUT2D eigenvalue weighted by molar-refractivity contribution is 5.20. The van der Waals surface area contributed by atoms with E-state index < -0.39 is 0 Å². The first-order valence-electron chi connectivity index (χ1n) is 10.8. The Labute approximate surface area is 175 Å². The van der Waals surface area contributed by atoms with E-state index >= 15 is 0 Å². The molecule has 1 nitrogen and oxygen atoms in total. The van der Waals surface area contributed by atoms with E-state index in [1.54, 1.807) is 0 Å². The van der Waals surface area contributed by atoms with Crippen molar-refractivity contribution in [2.75, 3.05) is 6.61 Å². The second-order valence-corrected chi connectivity index (χ2v) is 8.82. The second-order valence-electron chi connectivity index (χ2n) is 8.82. The third-order valence-corrected chi connectivity index (χ3v) is 4.77. The molecule has 0 bridgehead atoms. The lowest BCUT2D eigenvalue weighted by Crippen LogP contribution is -2.04. The van der Waals surface area contributed by atoms with Crippen molar-refractivity contribution in [3.05, 3.63) is 71.8 Å². The van der Waals surface area contributed by atoms with Crippen LogP contribution in [0.15, 0.2) is 66.3 Å². The SMILES string of the molecule is C=C(/C=C(\C)COCc1ccccc1)CCCCCCC.C=C(C)C(C)(C)C. The lowest BCUT2D eigenvalue weighted by atomic mass is 9.89. The predicted octanol–water partition coefficient (Wildman–Crippen LogP) is 8.67. The van der Waals surface area contributed by atoms with Crippen LogP contribution in [0.1, 0.15) is 85.6 Å². The Bertz CT molecular complexity index is 572. The average molecular weight is 385 g/mol. The molecule has 0 aliphatic heterocycles. The van der Waals surface area contributed by atoms with Crippen molar-refractivity contribution in [3.8, 4) is 0 Å². The lowest BCUT2D eigenvalue weighted by Gasteiger charge is -2.16. The van der Waals surface area contributed by atoms with Crippen LogP contribution in [0, 0.1) is 5.41 Å². The van der Waals surface area contributed by atoms with Crippen LogP contribution in [0.2, 0.25) is 0 Å². The number of unbranched alkanes of at least 4 members (excludes halogenated alkanes) is 4. The van der Waals surface area contributed by atoms with Gasteiger partial charge in [0.25, 0.3) is 0 Å². The van der Waals surface area contributed by atoms with Crippen LogP contribution < -0.4 is 0 Å². The molecule has 0 amide bonds. The highest BCUT2D eigenvalue weighted by atomic mass is 16.5. The fourth-order valence-electron chi connectivity index (χ4n) is 2.32. The maximum atomic E-state index is 5.73. The molecule has 0 unspecified atom stereocenters. The van der Waals surface area contributed by atoms with E-state index in [0.717, 1.165) is 6.42 Å². The van der Waals surface area contributed by atoms with Gasteiger partial charge in [0.05, 0.1) is 13.2 Å². The molecule has 0 spiro atoms. The Morgan fingerprint density at radius 1 is 0.964 bits per heavy atom. The van der Waals surface area contributed by atoms with Crippen LogP contribution in [0.5, 0.6) is 0 Å². The van der Waals surface area contributed by atoms with Crippen molar-refractivity contribution in [1.82, 2.24) is 0 Å². The minimum absolute atomic E-state index is 0.306. The minimum atomic E-state index is 0.306. The molecule has 1 rings (SSSR count). The molecule has 158 valence electrons. The summed E-state index contributed by atoms with van der Waals surface area (Å²) in [7, 11) is 0. The van der Waals surface area contributed by atoms with E-state index in [0.29, 0.717) is 18.6 Å². The first kappa shape index (κ1) is 26.4. The first-order valence-corrected chi connectivity index (χ1v) is 10.8. The fourth-order valence-corrected chi connectivity index (χ4v) is 2.32. The van der Waals surface area contributed by atoms with Crippen LogP contribution >= 0.6 is 0 Å². The second kappa shape index (κ2) is 15.3. The van der Waals surface area contributed by atoms with Gasteiger partial charge in [0.15, 0.2) is 0 Å². The standard InChI is InChI=1S/C20H30O.C7H14/c1-4-5-6-7-9-12-18(2)15-19(3)16-21-17-20-13-10-8-11-14-20;1-6(2)7(3,4)5/h8,10-11,13-15H,2,4-7,9,12,16-17H2,1,3H3;1H2,2-5H3/b19-15+;. The topological polar surface area (TPSA) is 9.23 Å². The summed E-state index contributed by atoms with van der Waals surface area (Å²) in [5, 5.41) is 0. The molecule has 0 aromatic heterocycles. The number of benzene rings is 1. The summed E-state index contributed by atoms with van der Waals surface area (Å²) >= 11 is 0. The quantitative estimate of drug-likeness (QED) is 0.211. The van der Waals surface area contributed by atoms with Gasteiger partial charge in [-0.2, -0.15) is 0 Å². The van der Waals surface area contributed by atoms with Crippen molar-refractivity contribution < 1.29 is 4.74 Å². The van der Waals surface area contributed by atoms with Gasteiger partial charge in [-0.25, -0.2) is 0 Å². The van der Waals surface area contributed by atoms with Crippen molar-refractivity contribution in [2.24, 2.45) is 5.41 Å². The summed E-state index contributed by atoms with van der Waals surface area (Å²) in [4.78, 5) is 0. The Hall–Kier alpha value is -1.60. The molecular weight excluding hydrogens is 340 g/mol. The van der Waals surface area contributed by atoms with Crippen LogP contribution in [0.4, 0.5) is 0 Å². The van der Waals surface area contributed by atoms with E-state index in [4.69, 9.17) is 4.74 Å². The van der Waals surface area contributed by atoms with E-state index in [9.17, 15) is 0 Å². The molecule has 1 aromatic rings. The predicted molar refractivity (Wildman–Crippen MR) is 127 cm³/mol. The monoisotopic (exact) mass is 384 g/mol. The molecule has 0 saturated heterocycles. The third kappa shape index (κ3) is 15.5. The van der Waals surface area contributed by atoms with Crippen LogP contribution in [-0.4, -0.2) is 6.61 Å². The molecular formula is C27H44O. The molecule has 0 radical (unpaired) electrons. The van der Waals surface area contributed by atoms with Crippen molar-refractivity contribution >= 4 is 0 Å². The number of allylic oxidation sites excluding steroid dienone is 3. The summed E-state index contributed by atoms with van der Waals surface area (Å²) in [6.07, 6.45) is 9.89. The van der Waals surface area contributed by atoms with Gasteiger partial charge in [0.2, 0.25) is 0 Å². The van der Waals surface area contributed by atoms with E-state index in [1.165, 1.54) is 54.4 Å². The number of ether oxygens (including phenoxy) is 1. The zero-order valence-electron chi connectivity index (χ0n) is 19.4. The molecule has 1 heteroatoms. The molecule has 0 N–H and O–H groups in total. The molecule has 28 heavy (non-hydrogen) atoms. The van der Waals surface area contributed by atoms with Gasteiger partial charge in [0.1, 0.15) is 0 Å². The Kier molecular flexibility index (Phi) is 14.5. The van der Waals surface area contributed by atoms with Gasteiger partial charge in [-0.15, -0.1) is 0 Å². The van der Waals surface area contributed by atoms with Gasteiger partial charge >= 0.3 is 0 Å². The van der Waals surface area contributed by atoms with E-state index in [1.807, 2.05) is 18.2 Å². The Balaban J connectivity index is 0.000000887. The molecule has 1 aromatic carbocycles. The Morgan fingerprint density at radius 3 is 2.07 bits per heavy atom. The molecule has 0 aliphatic carbocycles. The van der Waals surface area contributed by atoms with Gasteiger partial charge in [-0.05, 0) is 43.2 Å². The molecule has 0 fully saturated rings. The molecule has 0 aliphatic rings. The number of hydrogen-bond donors (Lipinski definition) is 0. The summed E-state index contributed by atoms with van der Waals surface area (Å²) in [6, 6.07) is 10.3. The number of rotatable bonds is 11. The molecule has 0 heterocycles. The summed E-state index contributed by atoms with van der Waals surface area (Å²) in [5.41, 5.74) is 5.25. The third-order valence-electron chi connectivity index (χ3n) is 4.77. The highest BCUT2D eigenvalue weighted by Gasteiger charge is 2.08. The molecule has 0 saturated carbocycles. The van der Waals surface area contributed by atoms with Crippen LogP contribution in [0.3, 0.4) is 0 Å². The smallest absolute Gasteiger partial charge is 0.0721 e. The average Bonchev–Trinajstić information content (AvgIpc) is 2.62. The minimum Gasteiger partial charge on any atom is -0.372 e. The Morgan fingerprint density at radius 2 is 1.54 bits per heavy atom. The summed E-state index contributed by atoms with van der Waals surface area (Å²) in [6.45, 7) is 22.2. The normalized spacial score (nSPS) is 11.6.